The van der Waals surface area contributed by atoms with Gasteiger partial charge in [-0.2, -0.15) is 0 Å². The van der Waals surface area contributed by atoms with Crippen molar-refractivity contribution in [1.82, 2.24) is 4.57 Å². The van der Waals surface area contributed by atoms with Crippen LogP contribution in [0, 0.1) is 6.92 Å². The van der Waals surface area contributed by atoms with Crippen LogP contribution in [0.15, 0.2) is 74.4 Å². The molecule has 10 heteroatoms. The molecule has 0 fully saturated rings. The zero-order chi connectivity index (χ0) is 28.4. The van der Waals surface area contributed by atoms with Gasteiger partial charge in [-0.1, -0.05) is 41.7 Å². The van der Waals surface area contributed by atoms with Gasteiger partial charge in [0.15, 0.2) is 16.3 Å². The molecule has 3 heterocycles. The van der Waals surface area contributed by atoms with Crippen LogP contribution in [0.4, 0.5) is 0 Å². The fourth-order valence-electron chi connectivity index (χ4n) is 4.69. The van der Waals surface area contributed by atoms with Crippen molar-refractivity contribution in [2.75, 3.05) is 27.9 Å². The van der Waals surface area contributed by atoms with E-state index >= 15 is 0 Å². The molecule has 0 bridgehead atoms. The monoisotopic (exact) mass is 560 g/mol. The van der Waals surface area contributed by atoms with Crippen molar-refractivity contribution in [3.8, 4) is 17.2 Å². The summed E-state index contributed by atoms with van der Waals surface area (Å²) in [6.45, 7) is 3.71. The Hall–Kier alpha value is -4.57. The van der Waals surface area contributed by atoms with Gasteiger partial charge in [-0.05, 0) is 44.2 Å². The first-order valence-corrected chi connectivity index (χ1v) is 13.4. The lowest BCUT2D eigenvalue weighted by molar-refractivity contribution is -0.139. The van der Waals surface area contributed by atoms with Crippen molar-refractivity contribution in [2.45, 2.75) is 19.9 Å². The Labute approximate surface area is 234 Å². The van der Waals surface area contributed by atoms with E-state index in [1.165, 1.54) is 37.2 Å². The van der Waals surface area contributed by atoms with Gasteiger partial charge in [0.25, 0.3) is 5.56 Å². The Balaban J connectivity index is 1.81. The lowest BCUT2D eigenvalue weighted by Gasteiger charge is -2.24. The smallest absolute Gasteiger partial charge is 0.338 e. The highest BCUT2D eigenvalue weighted by Crippen LogP contribution is 2.40. The number of esters is 1. The van der Waals surface area contributed by atoms with E-state index in [1.807, 2.05) is 37.3 Å². The molecule has 2 aromatic heterocycles. The van der Waals surface area contributed by atoms with Gasteiger partial charge in [-0.3, -0.25) is 9.36 Å². The Morgan fingerprint density at radius 1 is 1.02 bits per heavy atom. The third kappa shape index (κ3) is 4.71. The molecule has 1 aliphatic heterocycles. The second-order valence-electron chi connectivity index (χ2n) is 8.80. The number of carbonyl (C=O) groups is 1. The van der Waals surface area contributed by atoms with Gasteiger partial charge in [0.1, 0.15) is 17.6 Å². The third-order valence-corrected chi connectivity index (χ3v) is 7.41. The number of hydrogen-bond acceptors (Lipinski definition) is 9. The maximum Gasteiger partial charge on any atom is 0.338 e. The SMILES string of the molecule is CCOC(=O)C1=C(c2ccccc2)N=c2sc(=Cc3ccc(OC)c(OC)c3OC)c(=O)n2C1c1ccc(C)o1. The minimum atomic E-state index is -0.881. The molecule has 0 N–H and O–H groups in total. The van der Waals surface area contributed by atoms with Gasteiger partial charge in [0, 0.05) is 11.1 Å². The summed E-state index contributed by atoms with van der Waals surface area (Å²) in [6, 6.07) is 15.6. The number of nitrogens with zero attached hydrogens (tertiary/aromatic N) is 2. The van der Waals surface area contributed by atoms with Gasteiger partial charge in [-0.25, -0.2) is 9.79 Å². The summed E-state index contributed by atoms with van der Waals surface area (Å²) < 4.78 is 29.9. The molecular weight excluding hydrogens is 532 g/mol. The fourth-order valence-corrected chi connectivity index (χ4v) is 5.68. The second kappa shape index (κ2) is 11.3. The molecular formula is C30H28N2O7S. The number of benzene rings is 2. The van der Waals surface area contributed by atoms with Crippen molar-refractivity contribution in [2.24, 2.45) is 4.99 Å². The Morgan fingerprint density at radius 3 is 2.40 bits per heavy atom. The van der Waals surface area contributed by atoms with E-state index in [9.17, 15) is 9.59 Å². The molecule has 0 saturated heterocycles. The summed E-state index contributed by atoms with van der Waals surface area (Å²) in [5.74, 6) is 1.83. The predicted octanol–water partition coefficient (Wildman–Crippen LogP) is 3.86. The highest BCUT2D eigenvalue weighted by Gasteiger charge is 2.37. The van der Waals surface area contributed by atoms with Crippen LogP contribution in [-0.2, 0) is 9.53 Å². The van der Waals surface area contributed by atoms with Crippen LogP contribution >= 0.6 is 11.3 Å². The first-order chi connectivity index (χ1) is 19.4. The van der Waals surface area contributed by atoms with Crippen LogP contribution in [0.25, 0.3) is 11.8 Å². The Morgan fingerprint density at radius 2 is 1.77 bits per heavy atom. The average Bonchev–Trinajstić information content (AvgIpc) is 3.54. The fraction of sp³-hybridized carbons (Fsp3) is 0.233. The number of thiazole rings is 1. The normalized spacial score (nSPS) is 14.9. The molecule has 0 saturated carbocycles. The van der Waals surface area contributed by atoms with Crippen molar-refractivity contribution in [3.63, 3.8) is 0 Å². The molecule has 40 heavy (non-hydrogen) atoms. The molecule has 1 unspecified atom stereocenters. The van der Waals surface area contributed by atoms with Crippen LogP contribution < -0.4 is 29.1 Å². The van der Waals surface area contributed by atoms with Crippen LogP contribution in [0.3, 0.4) is 0 Å². The number of aryl methyl sites for hydroxylation is 1. The summed E-state index contributed by atoms with van der Waals surface area (Å²) in [5.41, 5.74) is 1.65. The maximum absolute atomic E-state index is 14.0. The molecule has 0 aliphatic carbocycles. The second-order valence-corrected chi connectivity index (χ2v) is 9.81. The number of methoxy groups -OCH3 is 3. The first-order valence-electron chi connectivity index (χ1n) is 12.6. The van der Waals surface area contributed by atoms with Gasteiger partial charge >= 0.3 is 5.97 Å². The van der Waals surface area contributed by atoms with Crippen LogP contribution in [0.2, 0.25) is 0 Å². The van der Waals surface area contributed by atoms with Crippen molar-refractivity contribution in [1.29, 1.82) is 0 Å². The van der Waals surface area contributed by atoms with Crippen molar-refractivity contribution in [3.05, 3.63) is 103 Å². The minimum absolute atomic E-state index is 0.165. The zero-order valence-corrected chi connectivity index (χ0v) is 23.5. The topological polar surface area (TPSA) is 101 Å². The average molecular weight is 561 g/mol. The van der Waals surface area contributed by atoms with E-state index in [-0.39, 0.29) is 17.7 Å². The summed E-state index contributed by atoms with van der Waals surface area (Å²) in [7, 11) is 4.58. The lowest BCUT2D eigenvalue weighted by Crippen LogP contribution is -2.39. The molecule has 1 aliphatic rings. The Bertz CT molecular complexity index is 1780. The van der Waals surface area contributed by atoms with E-state index in [0.717, 1.165) is 5.56 Å². The van der Waals surface area contributed by atoms with Gasteiger partial charge in [-0.15, -0.1) is 0 Å². The number of fused-ring (bicyclic) bond motifs is 1. The summed E-state index contributed by atoms with van der Waals surface area (Å²) in [4.78, 5) is 32.7. The largest absolute Gasteiger partial charge is 0.493 e. The minimum Gasteiger partial charge on any atom is -0.493 e. The molecule has 9 nitrogen and oxygen atoms in total. The van der Waals surface area contributed by atoms with Crippen LogP contribution in [-0.4, -0.2) is 38.5 Å². The molecule has 2 aromatic carbocycles. The van der Waals surface area contributed by atoms with E-state index in [4.69, 9.17) is 28.4 Å². The number of carbonyl (C=O) groups excluding carboxylic acids is 1. The maximum atomic E-state index is 14.0. The predicted molar refractivity (Wildman–Crippen MR) is 151 cm³/mol. The molecule has 0 spiro atoms. The van der Waals surface area contributed by atoms with E-state index in [2.05, 4.69) is 0 Å². The third-order valence-electron chi connectivity index (χ3n) is 6.43. The lowest BCUT2D eigenvalue weighted by atomic mass is 9.97. The van der Waals surface area contributed by atoms with Crippen LogP contribution in [0.5, 0.6) is 17.2 Å². The summed E-state index contributed by atoms with van der Waals surface area (Å²) in [5, 5.41) is 0. The molecule has 0 radical (unpaired) electrons. The molecule has 5 rings (SSSR count). The highest BCUT2D eigenvalue weighted by atomic mass is 32.1. The molecule has 0 amide bonds. The molecule has 1 atom stereocenters. The highest BCUT2D eigenvalue weighted by molar-refractivity contribution is 7.07. The number of ether oxygens (including phenoxy) is 4. The van der Waals surface area contributed by atoms with Gasteiger partial charge < -0.3 is 23.4 Å². The summed E-state index contributed by atoms with van der Waals surface area (Å²) >= 11 is 1.20. The van der Waals surface area contributed by atoms with E-state index < -0.39 is 12.0 Å². The van der Waals surface area contributed by atoms with Gasteiger partial charge in [0.05, 0.1) is 43.7 Å². The quantitative estimate of drug-likeness (QED) is 0.302. The number of hydrogen-bond donors (Lipinski definition) is 0. The van der Waals surface area contributed by atoms with Crippen molar-refractivity contribution >= 4 is 29.1 Å². The molecule has 4 aromatic rings. The number of furan rings is 1. The number of aromatic nitrogens is 1. The zero-order valence-electron chi connectivity index (χ0n) is 22.7. The molecule has 206 valence electrons. The Kier molecular flexibility index (Phi) is 7.61. The summed E-state index contributed by atoms with van der Waals surface area (Å²) in [6.07, 6.45) is 1.71. The van der Waals surface area contributed by atoms with Gasteiger partial charge in [0.2, 0.25) is 5.75 Å². The first kappa shape index (κ1) is 27.0. The van der Waals surface area contributed by atoms with Crippen molar-refractivity contribution < 1.29 is 28.2 Å². The number of rotatable bonds is 8. The van der Waals surface area contributed by atoms with E-state index in [0.29, 0.717) is 49.4 Å². The van der Waals surface area contributed by atoms with E-state index in [1.54, 1.807) is 37.3 Å². The van der Waals surface area contributed by atoms with Crippen LogP contribution in [0.1, 0.15) is 35.6 Å². The standard InChI is InChI=1S/C30H28N2O7S/c1-6-38-29(34)23-24(18-10-8-7-9-11-18)31-30-32(25(23)20-14-12-17(2)39-20)28(33)22(40-30)16-19-13-15-21(35-3)27(37-5)26(19)36-4/h7-16,25H,6H2,1-5H3.